The van der Waals surface area contributed by atoms with E-state index < -0.39 is 0 Å². The van der Waals surface area contributed by atoms with E-state index in [2.05, 4.69) is 34.4 Å². The van der Waals surface area contributed by atoms with E-state index in [9.17, 15) is 4.79 Å². The van der Waals surface area contributed by atoms with Crippen molar-refractivity contribution in [3.8, 4) is 11.5 Å². The third-order valence-electron chi connectivity index (χ3n) is 3.13. The summed E-state index contributed by atoms with van der Waals surface area (Å²) < 4.78 is 11.8. The fourth-order valence-corrected chi connectivity index (χ4v) is 2.47. The Balaban J connectivity index is 2.06. The zero-order valence-electron chi connectivity index (χ0n) is 14.0. The molecule has 0 saturated heterocycles. The first-order valence-electron chi connectivity index (χ1n) is 7.71. The van der Waals surface area contributed by atoms with Crippen LogP contribution < -0.4 is 14.8 Å². The zero-order chi connectivity index (χ0) is 18.2. The number of hydrogen-bond acceptors (Lipinski definition) is 3. The molecule has 0 fully saturated rings. The molecule has 1 amide bonds. The highest BCUT2D eigenvalue weighted by molar-refractivity contribution is 9.10. The molecule has 0 saturated carbocycles. The second-order valence-electron chi connectivity index (χ2n) is 5.47. The lowest BCUT2D eigenvalue weighted by Gasteiger charge is -2.10. The molecule has 0 unspecified atom stereocenters. The van der Waals surface area contributed by atoms with Gasteiger partial charge in [0.05, 0.1) is 4.47 Å². The standard InChI is InChI=1S/C20H20BrNO3/c1-4-10-24-19-9-8-15(11-18(19)21)20(23)22-16-6-5-7-17(12-16)25-13-14(2)3/h4-9,11-12H,1-2,10,13H2,3H3,(H,22,23). The number of nitrogens with one attached hydrogen (secondary N) is 1. The molecule has 4 nitrogen and oxygen atoms in total. The lowest BCUT2D eigenvalue weighted by Crippen LogP contribution is -2.12. The third-order valence-corrected chi connectivity index (χ3v) is 3.75. The summed E-state index contributed by atoms with van der Waals surface area (Å²) in [6.07, 6.45) is 1.66. The average Bonchev–Trinajstić information content (AvgIpc) is 2.59. The Kier molecular flexibility index (Phi) is 6.83. The number of benzene rings is 2. The molecule has 2 aromatic rings. The maximum atomic E-state index is 12.4. The van der Waals surface area contributed by atoms with E-state index >= 15 is 0 Å². The van der Waals surface area contributed by atoms with Crippen LogP contribution in [0.25, 0.3) is 0 Å². The van der Waals surface area contributed by atoms with Crippen LogP contribution in [0.15, 0.2) is 71.7 Å². The molecule has 2 rings (SSSR count). The number of anilines is 1. The van der Waals surface area contributed by atoms with Gasteiger partial charge in [-0.15, -0.1) is 0 Å². The molecule has 0 aliphatic heterocycles. The van der Waals surface area contributed by atoms with E-state index in [1.54, 1.807) is 30.3 Å². The topological polar surface area (TPSA) is 47.6 Å². The van der Waals surface area contributed by atoms with E-state index in [0.29, 0.717) is 40.4 Å². The Labute approximate surface area is 156 Å². The lowest BCUT2D eigenvalue weighted by molar-refractivity contribution is 0.102. The summed E-state index contributed by atoms with van der Waals surface area (Å²) >= 11 is 3.41. The Morgan fingerprint density at radius 3 is 2.72 bits per heavy atom. The van der Waals surface area contributed by atoms with Crippen LogP contribution in [-0.4, -0.2) is 19.1 Å². The van der Waals surface area contributed by atoms with Gasteiger partial charge in [-0.3, -0.25) is 4.79 Å². The molecule has 0 bridgehead atoms. The summed E-state index contributed by atoms with van der Waals surface area (Å²) in [6.45, 7) is 10.1. The van der Waals surface area contributed by atoms with Gasteiger partial charge in [0.2, 0.25) is 0 Å². The fourth-order valence-electron chi connectivity index (χ4n) is 1.98. The van der Waals surface area contributed by atoms with Crippen molar-refractivity contribution < 1.29 is 14.3 Å². The molecule has 2 aromatic carbocycles. The number of rotatable bonds is 8. The Bertz CT molecular complexity index is 786. The van der Waals surface area contributed by atoms with Gasteiger partial charge in [-0.05, 0) is 58.8 Å². The monoisotopic (exact) mass is 401 g/mol. The maximum absolute atomic E-state index is 12.4. The molecule has 0 aliphatic rings. The highest BCUT2D eigenvalue weighted by atomic mass is 79.9. The zero-order valence-corrected chi connectivity index (χ0v) is 15.6. The number of halogens is 1. The van der Waals surface area contributed by atoms with Crippen molar-refractivity contribution in [2.45, 2.75) is 6.92 Å². The number of carbonyl (C=O) groups excluding carboxylic acids is 1. The predicted octanol–water partition coefficient (Wildman–Crippen LogP) is 5.22. The van der Waals surface area contributed by atoms with Crippen LogP contribution >= 0.6 is 15.9 Å². The Morgan fingerprint density at radius 2 is 2.04 bits per heavy atom. The van der Waals surface area contributed by atoms with E-state index in [-0.39, 0.29) is 5.91 Å². The lowest BCUT2D eigenvalue weighted by atomic mass is 10.2. The first-order chi connectivity index (χ1) is 12.0. The third kappa shape index (κ3) is 5.80. The highest BCUT2D eigenvalue weighted by Gasteiger charge is 2.10. The quantitative estimate of drug-likeness (QED) is 0.616. The number of hydrogen-bond donors (Lipinski definition) is 1. The van der Waals surface area contributed by atoms with Crippen LogP contribution in [0.3, 0.4) is 0 Å². The van der Waals surface area contributed by atoms with Crippen LogP contribution in [0, 0.1) is 0 Å². The molecule has 0 heterocycles. The molecular weight excluding hydrogens is 382 g/mol. The molecule has 0 atom stereocenters. The largest absolute Gasteiger partial charge is 0.489 e. The van der Waals surface area contributed by atoms with E-state index in [1.807, 2.05) is 25.1 Å². The molecule has 5 heteroatoms. The van der Waals surface area contributed by atoms with Gasteiger partial charge >= 0.3 is 0 Å². The second kappa shape index (κ2) is 9.08. The first kappa shape index (κ1) is 18.8. The van der Waals surface area contributed by atoms with Gasteiger partial charge in [0.25, 0.3) is 5.91 Å². The Hall–Kier alpha value is -2.53. The van der Waals surface area contributed by atoms with Gasteiger partial charge in [-0.2, -0.15) is 0 Å². The van der Waals surface area contributed by atoms with Crippen molar-refractivity contribution in [2.24, 2.45) is 0 Å². The van der Waals surface area contributed by atoms with Gasteiger partial charge in [0.1, 0.15) is 24.7 Å². The van der Waals surface area contributed by atoms with Crippen molar-refractivity contribution in [3.05, 3.63) is 77.3 Å². The van der Waals surface area contributed by atoms with Gasteiger partial charge in [-0.1, -0.05) is 25.3 Å². The van der Waals surface area contributed by atoms with Crippen LogP contribution in [0.2, 0.25) is 0 Å². The highest BCUT2D eigenvalue weighted by Crippen LogP contribution is 2.27. The maximum Gasteiger partial charge on any atom is 0.255 e. The van der Waals surface area contributed by atoms with Crippen molar-refractivity contribution in [1.29, 1.82) is 0 Å². The predicted molar refractivity (Wildman–Crippen MR) is 105 cm³/mol. The van der Waals surface area contributed by atoms with E-state index in [1.165, 1.54) is 0 Å². The van der Waals surface area contributed by atoms with Crippen LogP contribution in [0.1, 0.15) is 17.3 Å². The van der Waals surface area contributed by atoms with Crippen molar-refractivity contribution in [3.63, 3.8) is 0 Å². The molecule has 0 spiro atoms. The summed E-state index contributed by atoms with van der Waals surface area (Å²) in [5.41, 5.74) is 2.11. The fraction of sp³-hybridized carbons (Fsp3) is 0.150. The minimum atomic E-state index is -0.215. The van der Waals surface area contributed by atoms with E-state index in [0.717, 1.165) is 5.57 Å². The SMILES string of the molecule is C=CCOc1ccc(C(=O)Nc2cccc(OCC(=C)C)c2)cc1Br. The number of carbonyl (C=O) groups is 1. The summed E-state index contributed by atoms with van der Waals surface area (Å²) in [5.74, 6) is 1.12. The van der Waals surface area contributed by atoms with Gasteiger partial charge in [-0.25, -0.2) is 0 Å². The average molecular weight is 402 g/mol. The molecule has 130 valence electrons. The molecule has 0 radical (unpaired) electrons. The summed E-state index contributed by atoms with van der Waals surface area (Å²) in [5, 5.41) is 2.86. The smallest absolute Gasteiger partial charge is 0.255 e. The normalized spacial score (nSPS) is 10.0. The van der Waals surface area contributed by atoms with Crippen molar-refractivity contribution in [2.75, 3.05) is 18.5 Å². The van der Waals surface area contributed by atoms with E-state index in [4.69, 9.17) is 9.47 Å². The minimum absolute atomic E-state index is 0.215. The summed E-state index contributed by atoms with van der Waals surface area (Å²) in [4.78, 5) is 12.4. The molecule has 25 heavy (non-hydrogen) atoms. The van der Waals surface area contributed by atoms with Crippen molar-refractivity contribution in [1.82, 2.24) is 0 Å². The van der Waals surface area contributed by atoms with Crippen molar-refractivity contribution >= 4 is 27.5 Å². The van der Waals surface area contributed by atoms with Crippen LogP contribution in [0.4, 0.5) is 5.69 Å². The van der Waals surface area contributed by atoms with Gasteiger partial charge in [0.15, 0.2) is 0 Å². The van der Waals surface area contributed by atoms with Gasteiger partial charge in [0, 0.05) is 17.3 Å². The van der Waals surface area contributed by atoms with Crippen LogP contribution in [-0.2, 0) is 0 Å². The Morgan fingerprint density at radius 1 is 1.24 bits per heavy atom. The minimum Gasteiger partial charge on any atom is -0.489 e. The molecule has 0 aromatic heterocycles. The number of amides is 1. The molecular formula is C20H20BrNO3. The summed E-state index contributed by atoms with van der Waals surface area (Å²) in [7, 11) is 0. The molecule has 1 N–H and O–H groups in total. The number of ether oxygens (including phenoxy) is 2. The van der Waals surface area contributed by atoms with Gasteiger partial charge < -0.3 is 14.8 Å². The second-order valence-corrected chi connectivity index (χ2v) is 6.33. The first-order valence-corrected chi connectivity index (χ1v) is 8.50. The van der Waals surface area contributed by atoms with Crippen LogP contribution in [0.5, 0.6) is 11.5 Å². The molecule has 0 aliphatic carbocycles. The summed E-state index contributed by atoms with van der Waals surface area (Å²) in [6, 6.07) is 12.4.